The number of halogens is 25. The summed E-state index contributed by atoms with van der Waals surface area (Å²) in [5.41, 5.74) is -29.5. The van der Waals surface area contributed by atoms with Crippen LogP contribution in [0.5, 0.6) is 5.75 Å². The summed E-state index contributed by atoms with van der Waals surface area (Å²) in [6, 6.07) is 17.5. The minimum atomic E-state index is -6.13. The zero-order chi connectivity index (χ0) is 60.7. The Hall–Kier alpha value is -6.97. The van der Waals surface area contributed by atoms with Crippen LogP contribution in [-0.2, 0) is 60.6 Å². The lowest BCUT2D eigenvalue weighted by molar-refractivity contribution is -0.144. The molecule has 0 bridgehead atoms. The van der Waals surface area contributed by atoms with Gasteiger partial charge in [-0.1, -0.05) is 115 Å². The third-order valence-electron chi connectivity index (χ3n) is 11.8. The van der Waals surface area contributed by atoms with E-state index >= 15 is 0 Å². The van der Waals surface area contributed by atoms with Gasteiger partial charge in [0.2, 0.25) is 27.6 Å². The topological polar surface area (TPSA) is 26.3 Å². The number of ketones is 1. The monoisotopic (exact) mass is 1220 g/mol. The van der Waals surface area contributed by atoms with Gasteiger partial charge in [0.15, 0.2) is 5.75 Å². The van der Waals surface area contributed by atoms with Gasteiger partial charge in [0.25, 0.3) is 0 Å². The van der Waals surface area contributed by atoms with Gasteiger partial charge in [0.1, 0.15) is 6.15 Å². The molecule has 1 atom stereocenters. The first-order valence-electron chi connectivity index (χ1n) is 22.1. The van der Waals surface area contributed by atoms with E-state index in [2.05, 4.69) is 0 Å². The quantitative estimate of drug-likeness (QED) is 0.0590. The van der Waals surface area contributed by atoms with E-state index in [4.69, 9.17) is 15.8 Å². The molecular weight excluding hydrogens is 1190 g/mol. The van der Waals surface area contributed by atoms with E-state index in [9.17, 15) is 110 Å². The van der Waals surface area contributed by atoms with Crippen molar-refractivity contribution < 1.29 is 114 Å². The van der Waals surface area contributed by atoms with Gasteiger partial charge in [-0.2, -0.15) is 127 Å². The van der Waals surface area contributed by atoms with Crippen LogP contribution in [0.1, 0.15) is 54.9 Å². The fraction of sp³-hybridized carbons (Fsp3) is 0.173. The third kappa shape index (κ3) is 15.3. The van der Waals surface area contributed by atoms with E-state index in [1.165, 1.54) is 0 Å². The van der Waals surface area contributed by atoms with Crippen molar-refractivity contribution in [3.63, 3.8) is 0 Å². The van der Waals surface area contributed by atoms with Crippen molar-refractivity contribution >= 4 is 56.6 Å². The van der Waals surface area contributed by atoms with Gasteiger partial charge in [-0.05, 0) is 48.5 Å². The Morgan fingerprint density at radius 2 is 0.630 bits per heavy atom. The van der Waals surface area contributed by atoms with E-state index in [0.717, 1.165) is 10.6 Å². The normalized spacial score (nSPS) is 13.5. The molecule has 0 spiro atoms. The molecule has 0 amide bonds. The van der Waals surface area contributed by atoms with Gasteiger partial charge in [-0.15, -0.1) is 0 Å². The van der Waals surface area contributed by atoms with E-state index in [1.807, 2.05) is 84.9 Å². The van der Waals surface area contributed by atoms with Crippen molar-refractivity contribution in [1.29, 1.82) is 0 Å². The van der Waals surface area contributed by atoms with Gasteiger partial charge in [0.05, 0.1) is 44.5 Å². The van der Waals surface area contributed by atoms with Crippen molar-refractivity contribution in [3.8, 4) is 5.75 Å². The molecule has 0 aliphatic rings. The van der Waals surface area contributed by atoms with Crippen LogP contribution in [-0.4, -0.2) is 17.7 Å². The van der Waals surface area contributed by atoms with Gasteiger partial charge in [0, 0.05) is 16.7 Å². The summed E-state index contributed by atoms with van der Waals surface area (Å²) in [6.45, 7) is 0. The first kappa shape index (κ1) is 63.2. The smallest absolute Gasteiger partial charge is 0.289 e. The molecule has 0 aliphatic heterocycles. The highest BCUT2D eigenvalue weighted by molar-refractivity contribution is 7.93. The summed E-state index contributed by atoms with van der Waals surface area (Å²) >= 11 is 5.40. The molecule has 0 heterocycles. The van der Waals surface area contributed by atoms with Crippen LogP contribution >= 0.6 is 11.6 Å². The number of hydrogen-bond donors (Lipinski definition) is 0. The number of alkyl halides is 24. The average Bonchev–Trinajstić information content (AvgIpc) is 3.35. The van der Waals surface area contributed by atoms with Crippen LogP contribution in [0.15, 0.2) is 163 Å². The molecule has 432 valence electrons. The van der Waals surface area contributed by atoms with E-state index in [1.54, 1.807) is 0 Å². The molecule has 0 aliphatic carbocycles. The number of hydrogen-bond acceptors (Lipinski definition) is 2. The number of benzene rings is 7. The number of carbonyl (C=O) groups excluding carboxylic acids is 1. The fourth-order valence-corrected chi connectivity index (χ4v) is 10.1. The molecule has 0 saturated carbocycles. The second kappa shape index (κ2) is 22.8. The van der Waals surface area contributed by atoms with Gasteiger partial charge < -0.3 is 0 Å². The largest absolute Gasteiger partial charge is 0.416 e. The molecule has 7 aromatic rings. The standard InChI is InChI=1S/C32H12BF24.C20H16ClO2S/c34-25(35,36)13-1-14(26(37,38)39)6-21(5-13)33(22-7-15(27(40,41)42)2-16(8-22)28(43,44)45,23-9-17(29(46,47)48)3-18(10-23)30(49,50)51)24-11-19(31(52,53)54)4-20(12-24)32(55,56)57;21-17-10-7-13-19(14-17)24(23-18-11-5-2-6-12-18)15-20(22)16-8-3-1-4-9-16/h1-12H;1-14H,15H2/q-1;+1. The number of Topliss-reactive ketones (excluding diaryl/α,β-unsaturated/α-hetero) is 1. The number of carbonyl (C=O) groups is 1. The van der Waals surface area contributed by atoms with Crippen LogP contribution in [0.3, 0.4) is 0 Å². The van der Waals surface area contributed by atoms with Crippen molar-refractivity contribution in [2.45, 2.75) is 54.3 Å². The summed E-state index contributed by atoms with van der Waals surface area (Å²) < 4.78 is 347. The minimum Gasteiger partial charge on any atom is -0.289 e. The maximum absolute atomic E-state index is 14.2. The summed E-state index contributed by atoms with van der Waals surface area (Å²) in [6.07, 6.45) is -54.8. The molecule has 81 heavy (non-hydrogen) atoms. The summed E-state index contributed by atoms with van der Waals surface area (Å²) in [5, 5.41) is 0.633. The maximum atomic E-state index is 14.2. The minimum absolute atomic E-state index is 0.0508. The second-order valence-electron chi connectivity index (χ2n) is 17.4. The third-order valence-corrected chi connectivity index (χ3v) is 13.7. The SMILES string of the molecule is FC(F)(F)c1cc([B-](c2cc(C(F)(F)F)cc(C(F)(F)F)c2)(c2cc(C(F)(F)F)cc(C(F)(F)F)c2)c2cc(C(F)(F)F)cc(C(F)(F)F)c2)cc(C(F)(F)F)c1.O=C(C[S+](Oc1ccccc1)c1cccc(Cl)c1)c1ccccc1. The fourth-order valence-electron chi connectivity index (χ4n) is 8.26. The van der Waals surface area contributed by atoms with Crippen LogP contribution in [0.25, 0.3) is 0 Å². The van der Waals surface area contributed by atoms with Crippen molar-refractivity contribution in [3.05, 3.63) is 213 Å². The Morgan fingerprint density at radius 1 is 0.358 bits per heavy atom. The number of para-hydroxylation sites is 1. The highest BCUT2D eigenvalue weighted by Crippen LogP contribution is 2.42. The first-order chi connectivity index (χ1) is 37.0. The summed E-state index contributed by atoms with van der Waals surface area (Å²) in [7, 11) is 0. The van der Waals surface area contributed by atoms with Crippen molar-refractivity contribution in [2.75, 3.05) is 5.75 Å². The van der Waals surface area contributed by atoms with Crippen molar-refractivity contribution in [1.82, 2.24) is 0 Å². The molecule has 1 unspecified atom stereocenters. The Labute approximate surface area is 448 Å². The molecule has 2 nitrogen and oxygen atoms in total. The van der Waals surface area contributed by atoms with E-state index in [0.29, 0.717) is 10.6 Å². The Kier molecular flexibility index (Phi) is 17.8. The predicted molar refractivity (Wildman–Crippen MR) is 250 cm³/mol. The molecule has 7 rings (SSSR count). The van der Waals surface area contributed by atoms with E-state index in [-0.39, 0.29) is 11.5 Å². The molecule has 0 fully saturated rings. The molecule has 0 aromatic heterocycles. The molecule has 7 aromatic carbocycles. The number of rotatable bonds is 10. The van der Waals surface area contributed by atoms with Crippen molar-refractivity contribution in [2.24, 2.45) is 0 Å². The molecule has 29 heteroatoms. The highest BCUT2D eigenvalue weighted by Gasteiger charge is 2.47. The first-order valence-corrected chi connectivity index (χ1v) is 23.8. The average molecular weight is 1220 g/mol. The van der Waals surface area contributed by atoms with Crippen LogP contribution in [0.4, 0.5) is 105 Å². The Bertz CT molecular complexity index is 2930. The molecule has 0 saturated heterocycles. The molecular formula is C52H28BClF24O2S. The van der Waals surface area contributed by atoms with Crippen LogP contribution < -0.4 is 26.0 Å². The van der Waals surface area contributed by atoms with E-state index < -0.39 is 206 Å². The lowest BCUT2D eigenvalue weighted by atomic mass is 9.12. The van der Waals surface area contributed by atoms with Gasteiger partial charge in [-0.3, -0.25) is 8.98 Å². The zero-order valence-corrected chi connectivity index (χ0v) is 41.0. The second-order valence-corrected chi connectivity index (χ2v) is 19.4. The summed E-state index contributed by atoms with van der Waals surface area (Å²) in [5.74, 6) is 1.07. The predicted octanol–water partition coefficient (Wildman–Crippen LogP) is 16.4. The Morgan fingerprint density at radius 3 is 0.889 bits per heavy atom. The lowest BCUT2D eigenvalue weighted by Gasteiger charge is -2.46. The zero-order valence-electron chi connectivity index (χ0n) is 39.5. The van der Waals surface area contributed by atoms with Gasteiger partial charge >= 0.3 is 49.4 Å². The maximum Gasteiger partial charge on any atom is 0.416 e. The molecule has 0 N–H and O–H groups in total. The van der Waals surface area contributed by atoms with Gasteiger partial charge in [-0.25, -0.2) is 0 Å². The Balaban J connectivity index is 0.000000363. The summed E-state index contributed by atoms with van der Waals surface area (Å²) in [4.78, 5) is 13.5. The van der Waals surface area contributed by atoms with Crippen LogP contribution in [0.2, 0.25) is 5.02 Å². The van der Waals surface area contributed by atoms with Crippen LogP contribution in [0, 0.1) is 0 Å². The highest BCUT2D eigenvalue weighted by atomic mass is 35.5. The molecule has 0 radical (unpaired) electrons. The lowest BCUT2D eigenvalue weighted by Crippen LogP contribution is -2.75.